The van der Waals surface area contributed by atoms with Crippen molar-refractivity contribution in [3.8, 4) is 11.3 Å². The van der Waals surface area contributed by atoms with Gasteiger partial charge in [-0.2, -0.15) is 0 Å². The highest BCUT2D eigenvalue weighted by Gasteiger charge is 2.12. The first-order valence-electron chi connectivity index (χ1n) is 6.05. The van der Waals surface area contributed by atoms with E-state index in [4.69, 9.17) is 11.1 Å². The van der Waals surface area contributed by atoms with E-state index >= 15 is 0 Å². The van der Waals surface area contributed by atoms with Crippen molar-refractivity contribution in [2.45, 2.75) is 0 Å². The first-order valence-corrected chi connectivity index (χ1v) is 6.93. The Balaban J connectivity index is 1.95. The number of rotatable bonds is 3. The van der Waals surface area contributed by atoms with Gasteiger partial charge in [0.15, 0.2) is 0 Å². The van der Waals surface area contributed by atoms with E-state index in [2.05, 4.69) is 9.97 Å². The Hall–Kier alpha value is -2.53. The first kappa shape index (κ1) is 12.5. The predicted molar refractivity (Wildman–Crippen MR) is 82.1 cm³/mol. The van der Waals surface area contributed by atoms with Gasteiger partial charge >= 0.3 is 0 Å². The summed E-state index contributed by atoms with van der Waals surface area (Å²) in [5.74, 6) is 0. The van der Waals surface area contributed by atoms with Gasteiger partial charge in [0.05, 0.1) is 11.4 Å². The molecule has 2 heterocycles. The molecule has 0 fully saturated rings. The first-order chi connectivity index (χ1) is 9.75. The van der Waals surface area contributed by atoms with Crippen LogP contribution in [0, 0.1) is 5.41 Å². The Morgan fingerprint density at radius 1 is 1.15 bits per heavy atom. The number of benzene rings is 1. The number of nitrogens with zero attached hydrogens (tertiary/aromatic N) is 2. The van der Waals surface area contributed by atoms with E-state index in [1.54, 1.807) is 18.5 Å². The molecule has 0 saturated heterocycles. The van der Waals surface area contributed by atoms with Crippen molar-refractivity contribution >= 4 is 22.7 Å². The monoisotopic (exact) mass is 280 g/mol. The van der Waals surface area contributed by atoms with Crippen molar-refractivity contribution in [3.63, 3.8) is 0 Å². The minimum atomic E-state index is 0.350. The van der Waals surface area contributed by atoms with Gasteiger partial charge in [0, 0.05) is 34.6 Å². The third kappa shape index (κ3) is 2.31. The lowest BCUT2D eigenvalue weighted by atomic mass is 10.1. The number of nitrogen functional groups attached to an aromatic ring is 1. The zero-order valence-electron chi connectivity index (χ0n) is 10.6. The molecule has 5 heteroatoms. The summed E-state index contributed by atoms with van der Waals surface area (Å²) in [6.07, 6.45) is 3.49. The van der Waals surface area contributed by atoms with Crippen LogP contribution in [0.25, 0.3) is 11.3 Å². The van der Waals surface area contributed by atoms with Crippen LogP contribution in [-0.4, -0.2) is 15.7 Å². The molecule has 0 atom stereocenters. The topological polar surface area (TPSA) is 75.7 Å². The fourth-order valence-electron chi connectivity index (χ4n) is 1.88. The minimum Gasteiger partial charge on any atom is -0.398 e. The molecule has 0 radical (unpaired) electrons. The molecule has 0 aliphatic heterocycles. The molecule has 0 amide bonds. The lowest BCUT2D eigenvalue weighted by molar-refractivity contribution is 1.29. The number of anilines is 1. The molecular weight excluding hydrogens is 268 g/mol. The van der Waals surface area contributed by atoms with Gasteiger partial charge in [-0.15, -0.1) is 11.3 Å². The number of para-hydroxylation sites is 1. The van der Waals surface area contributed by atoms with Crippen LogP contribution in [0.5, 0.6) is 0 Å². The fourth-order valence-corrected chi connectivity index (χ4v) is 2.67. The average Bonchev–Trinajstić information content (AvgIpc) is 2.98. The Kier molecular flexibility index (Phi) is 3.26. The lowest BCUT2D eigenvalue weighted by Gasteiger charge is -2.04. The van der Waals surface area contributed by atoms with Gasteiger partial charge in [-0.25, -0.2) is 4.98 Å². The average molecular weight is 280 g/mol. The van der Waals surface area contributed by atoms with E-state index in [1.165, 1.54) is 11.3 Å². The Bertz CT molecular complexity index is 749. The maximum Gasteiger partial charge on any atom is 0.142 e. The molecule has 0 saturated carbocycles. The SMILES string of the molecule is N=C(c1nc(-c2cccnc2)cs1)c1ccccc1N. The minimum absolute atomic E-state index is 0.350. The molecule has 0 aliphatic rings. The zero-order valence-corrected chi connectivity index (χ0v) is 11.4. The highest BCUT2D eigenvalue weighted by molar-refractivity contribution is 7.12. The molecule has 0 aliphatic carbocycles. The highest BCUT2D eigenvalue weighted by atomic mass is 32.1. The number of thiazole rings is 1. The molecular formula is C15H12N4S. The van der Waals surface area contributed by atoms with E-state index in [9.17, 15) is 0 Å². The molecule has 0 bridgehead atoms. The van der Waals surface area contributed by atoms with Crippen LogP contribution in [0.3, 0.4) is 0 Å². The summed E-state index contributed by atoms with van der Waals surface area (Å²) >= 11 is 1.44. The normalized spacial score (nSPS) is 10.4. The van der Waals surface area contributed by atoms with E-state index < -0.39 is 0 Å². The van der Waals surface area contributed by atoms with Crippen molar-refractivity contribution in [3.05, 3.63) is 64.7 Å². The van der Waals surface area contributed by atoms with Crippen molar-refractivity contribution in [2.24, 2.45) is 0 Å². The maximum absolute atomic E-state index is 8.24. The number of pyridine rings is 1. The number of nitrogens with one attached hydrogen (secondary N) is 1. The summed E-state index contributed by atoms with van der Waals surface area (Å²) in [7, 11) is 0. The quantitative estimate of drug-likeness (QED) is 0.571. The second-order valence-electron chi connectivity index (χ2n) is 4.24. The van der Waals surface area contributed by atoms with Crippen LogP contribution in [-0.2, 0) is 0 Å². The Labute approximate surface area is 120 Å². The molecule has 3 aromatic rings. The zero-order chi connectivity index (χ0) is 13.9. The molecule has 2 aromatic heterocycles. The van der Waals surface area contributed by atoms with Crippen LogP contribution in [0.1, 0.15) is 10.6 Å². The second-order valence-corrected chi connectivity index (χ2v) is 5.10. The molecule has 20 heavy (non-hydrogen) atoms. The van der Waals surface area contributed by atoms with Gasteiger partial charge < -0.3 is 5.73 Å². The summed E-state index contributed by atoms with van der Waals surface area (Å²) in [6.45, 7) is 0. The summed E-state index contributed by atoms with van der Waals surface area (Å²) in [4.78, 5) is 8.57. The van der Waals surface area contributed by atoms with Crippen LogP contribution in [0.4, 0.5) is 5.69 Å². The lowest BCUT2D eigenvalue weighted by Crippen LogP contribution is -2.04. The van der Waals surface area contributed by atoms with Crippen molar-refractivity contribution in [1.29, 1.82) is 5.41 Å². The van der Waals surface area contributed by atoms with Crippen LogP contribution >= 0.6 is 11.3 Å². The smallest absolute Gasteiger partial charge is 0.142 e. The van der Waals surface area contributed by atoms with Gasteiger partial charge in [-0.1, -0.05) is 18.2 Å². The molecule has 0 spiro atoms. The van der Waals surface area contributed by atoms with E-state index in [-0.39, 0.29) is 0 Å². The maximum atomic E-state index is 8.24. The Morgan fingerprint density at radius 2 is 2.00 bits per heavy atom. The molecule has 3 N–H and O–H groups in total. The van der Waals surface area contributed by atoms with Gasteiger partial charge in [0.2, 0.25) is 0 Å². The van der Waals surface area contributed by atoms with E-state index in [0.717, 1.165) is 11.3 Å². The molecule has 3 rings (SSSR count). The summed E-state index contributed by atoms with van der Waals surface area (Å²) in [6, 6.07) is 11.2. The second kappa shape index (κ2) is 5.22. The predicted octanol–water partition coefficient (Wildman–Crippen LogP) is 3.20. The van der Waals surface area contributed by atoms with Crippen molar-refractivity contribution in [1.82, 2.24) is 9.97 Å². The molecule has 0 unspecified atom stereocenters. The van der Waals surface area contributed by atoms with Gasteiger partial charge in [0.1, 0.15) is 5.01 Å². The largest absolute Gasteiger partial charge is 0.398 e. The highest BCUT2D eigenvalue weighted by Crippen LogP contribution is 2.24. The molecule has 98 valence electrons. The summed E-state index contributed by atoms with van der Waals surface area (Å²) < 4.78 is 0. The number of aromatic nitrogens is 2. The summed E-state index contributed by atoms with van der Waals surface area (Å²) in [5, 5.41) is 10.8. The number of hydrogen-bond donors (Lipinski definition) is 2. The third-order valence-electron chi connectivity index (χ3n) is 2.91. The van der Waals surface area contributed by atoms with Crippen molar-refractivity contribution < 1.29 is 0 Å². The van der Waals surface area contributed by atoms with Gasteiger partial charge in [0.25, 0.3) is 0 Å². The standard InChI is InChI=1S/C15H12N4S/c16-12-6-2-1-5-11(12)14(17)15-19-13(9-20-15)10-4-3-7-18-8-10/h1-9,17H,16H2. The number of nitrogens with two attached hydrogens (primary N) is 1. The van der Waals surface area contributed by atoms with E-state index in [0.29, 0.717) is 22.0 Å². The van der Waals surface area contributed by atoms with Crippen molar-refractivity contribution in [2.75, 3.05) is 5.73 Å². The third-order valence-corrected chi connectivity index (χ3v) is 3.77. The van der Waals surface area contributed by atoms with Crippen LogP contribution in [0.15, 0.2) is 54.2 Å². The Morgan fingerprint density at radius 3 is 2.75 bits per heavy atom. The summed E-state index contributed by atoms with van der Waals surface area (Å²) in [5.41, 5.74) is 9.33. The fraction of sp³-hybridized carbons (Fsp3) is 0. The van der Waals surface area contributed by atoms with E-state index in [1.807, 2.05) is 35.7 Å². The molecule has 1 aromatic carbocycles. The van der Waals surface area contributed by atoms with Crippen LogP contribution in [0.2, 0.25) is 0 Å². The molecule has 4 nitrogen and oxygen atoms in total. The van der Waals surface area contributed by atoms with Crippen LogP contribution < -0.4 is 5.73 Å². The van der Waals surface area contributed by atoms with Gasteiger partial charge in [-0.05, 0) is 18.2 Å². The van der Waals surface area contributed by atoms with Gasteiger partial charge in [-0.3, -0.25) is 10.4 Å². The number of hydrogen-bond acceptors (Lipinski definition) is 5.